The Morgan fingerprint density at radius 1 is 1.07 bits per heavy atom. The topological polar surface area (TPSA) is 26.3 Å². The zero-order valence-corrected chi connectivity index (χ0v) is 17.5. The lowest BCUT2D eigenvalue weighted by Gasteiger charge is -2.24. The number of benzene rings is 3. The van der Waals surface area contributed by atoms with Crippen LogP contribution in [-0.2, 0) is 10.3 Å². The fourth-order valence-corrected chi connectivity index (χ4v) is 5.59. The number of aryl methyl sites for hydroxylation is 1. The molecule has 0 aliphatic rings. The number of thiophene rings is 1. The van der Waals surface area contributed by atoms with Crippen LogP contribution in [0.15, 0.2) is 78.2 Å². The van der Waals surface area contributed by atoms with Crippen molar-refractivity contribution in [2.24, 2.45) is 0 Å². The molecule has 4 aromatic rings. The number of terminal acetylenes is 1. The van der Waals surface area contributed by atoms with Crippen LogP contribution in [-0.4, -0.2) is 5.97 Å². The second-order valence-electron chi connectivity index (χ2n) is 7.24. The minimum Gasteiger partial charge on any atom is -0.438 e. The number of halogens is 1. The summed E-state index contributed by atoms with van der Waals surface area (Å²) in [7, 11) is -0.238. The molecule has 4 heteroatoms. The van der Waals surface area contributed by atoms with E-state index in [1.54, 1.807) is 13.0 Å². The van der Waals surface area contributed by atoms with E-state index >= 15 is 0 Å². The molecular formula is C26H20FO2S+. The number of esters is 1. The van der Waals surface area contributed by atoms with E-state index in [0.717, 1.165) is 4.90 Å². The highest BCUT2D eigenvalue weighted by Crippen LogP contribution is 2.42. The maximum atomic E-state index is 13.3. The van der Waals surface area contributed by atoms with Gasteiger partial charge < -0.3 is 4.74 Å². The molecule has 1 heterocycles. The van der Waals surface area contributed by atoms with Crippen molar-refractivity contribution in [3.63, 3.8) is 0 Å². The van der Waals surface area contributed by atoms with Crippen molar-refractivity contribution in [3.05, 3.63) is 101 Å². The molecule has 2 unspecified atom stereocenters. The standard InChI is InChI=1S/C26H20FO2S/c1-4-26(3,20-12-14-21(27)15-13-20)29-25(28)19-8-7-9-22(16-19)30-17-18(2)23-10-5-6-11-24(23)30/h1,5-17H,2-3H3/q+1. The predicted octanol–water partition coefficient (Wildman–Crippen LogP) is 6.73. The molecule has 0 bridgehead atoms. The van der Waals surface area contributed by atoms with E-state index in [4.69, 9.17) is 11.2 Å². The number of carbonyl (C=O) groups is 1. The molecule has 0 N–H and O–H groups in total. The molecular weight excluding hydrogens is 395 g/mol. The van der Waals surface area contributed by atoms with Gasteiger partial charge in [0.1, 0.15) is 11.2 Å². The number of hydrogen-bond acceptors (Lipinski definition) is 2. The van der Waals surface area contributed by atoms with Crippen LogP contribution >= 0.6 is 10.5 Å². The third-order valence-corrected chi connectivity index (χ3v) is 7.32. The molecule has 3 aromatic carbocycles. The van der Waals surface area contributed by atoms with Gasteiger partial charge in [0.25, 0.3) is 0 Å². The summed E-state index contributed by atoms with van der Waals surface area (Å²) in [5, 5.41) is 3.48. The molecule has 0 radical (unpaired) electrons. The highest BCUT2D eigenvalue weighted by molar-refractivity contribution is 7.43. The smallest absolute Gasteiger partial charge is 0.340 e. The minimum absolute atomic E-state index is 0.238. The van der Waals surface area contributed by atoms with Gasteiger partial charge in [-0.05, 0) is 50.2 Å². The Hall–Kier alpha value is -3.42. The molecule has 0 aliphatic heterocycles. The average molecular weight is 416 g/mol. The second kappa shape index (κ2) is 7.78. The summed E-state index contributed by atoms with van der Waals surface area (Å²) in [5.41, 5.74) is 0.915. The third kappa shape index (κ3) is 3.60. The Labute approximate surface area is 177 Å². The van der Waals surface area contributed by atoms with E-state index in [-0.39, 0.29) is 16.3 Å². The van der Waals surface area contributed by atoms with E-state index in [9.17, 15) is 9.18 Å². The normalized spacial score (nSPS) is 13.5. The second-order valence-corrected chi connectivity index (χ2v) is 9.06. The molecule has 0 fully saturated rings. The number of rotatable bonds is 4. The maximum absolute atomic E-state index is 13.3. The van der Waals surface area contributed by atoms with Gasteiger partial charge in [0, 0.05) is 33.0 Å². The number of carbonyl (C=O) groups excluding carboxylic acids is 1. The summed E-state index contributed by atoms with van der Waals surface area (Å²) < 4.78 is 20.2. The largest absolute Gasteiger partial charge is 0.438 e. The maximum Gasteiger partial charge on any atom is 0.340 e. The molecule has 2 atom stereocenters. The number of ether oxygens (including phenoxy) is 1. The summed E-state index contributed by atoms with van der Waals surface area (Å²) in [6.07, 6.45) is 5.67. The van der Waals surface area contributed by atoms with Gasteiger partial charge >= 0.3 is 5.97 Å². The first kappa shape index (κ1) is 19.9. The van der Waals surface area contributed by atoms with Crippen LogP contribution in [0, 0.1) is 25.1 Å². The van der Waals surface area contributed by atoms with Crippen LogP contribution in [0.3, 0.4) is 0 Å². The monoisotopic (exact) mass is 415 g/mol. The average Bonchev–Trinajstić information content (AvgIpc) is 3.11. The van der Waals surface area contributed by atoms with Gasteiger partial charge in [-0.3, -0.25) is 0 Å². The van der Waals surface area contributed by atoms with Crippen molar-refractivity contribution in [1.29, 1.82) is 0 Å². The Bertz CT molecular complexity index is 1280. The third-order valence-electron chi connectivity index (χ3n) is 5.13. The fourth-order valence-electron chi connectivity index (χ4n) is 3.43. The number of hydrogen-bond donors (Lipinski definition) is 0. The van der Waals surface area contributed by atoms with Crippen molar-refractivity contribution in [2.75, 3.05) is 0 Å². The van der Waals surface area contributed by atoms with Gasteiger partial charge in [0.2, 0.25) is 0 Å². The van der Waals surface area contributed by atoms with Gasteiger partial charge in [0.05, 0.1) is 5.56 Å². The van der Waals surface area contributed by atoms with E-state index in [2.05, 4.69) is 30.4 Å². The molecule has 4 rings (SSSR count). The van der Waals surface area contributed by atoms with Gasteiger partial charge in [0.15, 0.2) is 15.2 Å². The molecule has 0 amide bonds. The van der Waals surface area contributed by atoms with Crippen molar-refractivity contribution < 1.29 is 13.9 Å². The molecule has 2 nitrogen and oxygen atoms in total. The van der Waals surface area contributed by atoms with E-state index < -0.39 is 11.6 Å². The molecule has 0 spiro atoms. The molecule has 0 saturated carbocycles. The summed E-state index contributed by atoms with van der Waals surface area (Å²) in [6.45, 7) is 3.73. The summed E-state index contributed by atoms with van der Waals surface area (Å²) in [6, 6.07) is 21.4. The summed E-state index contributed by atoms with van der Waals surface area (Å²) >= 11 is 0. The molecule has 0 aliphatic carbocycles. The Kier molecular flexibility index (Phi) is 5.15. The summed E-state index contributed by atoms with van der Waals surface area (Å²) in [4.78, 5) is 14.0. The van der Waals surface area contributed by atoms with E-state index in [1.165, 1.54) is 39.9 Å². The Balaban J connectivity index is 1.67. The molecule has 148 valence electrons. The zero-order valence-electron chi connectivity index (χ0n) is 16.7. The van der Waals surface area contributed by atoms with Gasteiger partial charge in [-0.2, -0.15) is 0 Å². The SMILES string of the molecule is C#CC(C)(OC(=O)c1cccc(-[s+]2cc(C)c3ccccc32)c1)c1ccc(F)cc1. The minimum atomic E-state index is -1.29. The van der Waals surface area contributed by atoms with E-state index in [0.29, 0.717) is 11.1 Å². The van der Waals surface area contributed by atoms with Crippen molar-refractivity contribution in [2.45, 2.75) is 19.4 Å². The molecule has 30 heavy (non-hydrogen) atoms. The number of fused-ring (bicyclic) bond motifs is 1. The van der Waals surface area contributed by atoms with Crippen LogP contribution in [0.4, 0.5) is 4.39 Å². The van der Waals surface area contributed by atoms with Crippen molar-refractivity contribution in [3.8, 4) is 17.2 Å². The highest BCUT2D eigenvalue weighted by atomic mass is 32.2. The first-order valence-electron chi connectivity index (χ1n) is 9.49. The predicted molar refractivity (Wildman–Crippen MR) is 121 cm³/mol. The highest BCUT2D eigenvalue weighted by Gasteiger charge is 2.30. The quantitative estimate of drug-likeness (QED) is 0.210. The van der Waals surface area contributed by atoms with Crippen LogP contribution in [0.2, 0.25) is 0 Å². The van der Waals surface area contributed by atoms with Gasteiger partial charge in [-0.1, -0.05) is 36.3 Å². The molecule has 0 saturated heterocycles. The van der Waals surface area contributed by atoms with Crippen molar-refractivity contribution in [1.82, 2.24) is 0 Å². The van der Waals surface area contributed by atoms with E-state index in [1.807, 2.05) is 30.3 Å². The lowest BCUT2D eigenvalue weighted by atomic mass is 9.96. The van der Waals surface area contributed by atoms with Crippen LogP contribution < -0.4 is 0 Å². The van der Waals surface area contributed by atoms with Crippen LogP contribution in [0.5, 0.6) is 0 Å². The lowest BCUT2D eigenvalue weighted by molar-refractivity contribution is 0.0129. The first-order chi connectivity index (χ1) is 14.4. The zero-order chi connectivity index (χ0) is 21.3. The molecule has 1 aromatic heterocycles. The lowest BCUT2D eigenvalue weighted by Crippen LogP contribution is -2.27. The van der Waals surface area contributed by atoms with Crippen LogP contribution in [0.1, 0.15) is 28.4 Å². The van der Waals surface area contributed by atoms with Crippen molar-refractivity contribution >= 4 is 26.5 Å². The fraction of sp³-hybridized carbons (Fsp3) is 0.115. The summed E-state index contributed by atoms with van der Waals surface area (Å²) in [5.74, 6) is 1.64. The van der Waals surface area contributed by atoms with Gasteiger partial charge in [-0.25, -0.2) is 9.18 Å². The van der Waals surface area contributed by atoms with Crippen LogP contribution in [0.25, 0.3) is 15.0 Å². The Morgan fingerprint density at radius 2 is 1.80 bits per heavy atom. The van der Waals surface area contributed by atoms with Gasteiger partial charge in [-0.15, -0.1) is 6.42 Å². The Morgan fingerprint density at radius 3 is 2.53 bits per heavy atom. The first-order valence-corrected chi connectivity index (χ1v) is 10.8.